The van der Waals surface area contributed by atoms with E-state index in [1.54, 1.807) is 11.8 Å². The van der Waals surface area contributed by atoms with E-state index >= 15 is 0 Å². The molecule has 3 unspecified atom stereocenters. The standard InChI is InChI=1S/C9H23N3S/c1-5-6-8(11-3)9(12-4)13-7(2)10/h7-9,11-12H,5-6,10H2,1-4H3. The maximum absolute atomic E-state index is 5.75. The van der Waals surface area contributed by atoms with Crippen molar-refractivity contribution in [3.63, 3.8) is 0 Å². The molecule has 0 bridgehead atoms. The molecular formula is C9H23N3S. The fraction of sp³-hybridized carbons (Fsp3) is 1.00. The lowest BCUT2D eigenvalue weighted by Crippen LogP contribution is -2.44. The number of hydrogen-bond donors (Lipinski definition) is 3. The van der Waals surface area contributed by atoms with Gasteiger partial charge in [-0.15, -0.1) is 11.8 Å². The Morgan fingerprint density at radius 3 is 2.23 bits per heavy atom. The van der Waals surface area contributed by atoms with Crippen molar-refractivity contribution in [3.8, 4) is 0 Å². The maximum atomic E-state index is 5.75. The van der Waals surface area contributed by atoms with E-state index in [0.29, 0.717) is 11.4 Å². The summed E-state index contributed by atoms with van der Waals surface area (Å²) in [6.45, 7) is 4.22. The van der Waals surface area contributed by atoms with Crippen molar-refractivity contribution in [1.29, 1.82) is 0 Å². The van der Waals surface area contributed by atoms with E-state index in [2.05, 4.69) is 17.6 Å². The van der Waals surface area contributed by atoms with Crippen molar-refractivity contribution >= 4 is 11.8 Å². The minimum atomic E-state index is 0.185. The quantitative estimate of drug-likeness (QED) is 0.542. The number of rotatable bonds is 7. The molecule has 0 fully saturated rings. The Bertz CT molecular complexity index is 119. The summed E-state index contributed by atoms with van der Waals surface area (Å²) in [5.41, 5.74) is 5.75. The fourth-order valence-corrected chi connectivity index (χ4v) is 2.41. The minimum absolute atomic E-state index is 0.185. The van der Waals surface area contributed by atoms with Crippen LogP contribution >= 0.6 is 11.8 Å². The fourth-order valence-electron chi connectivity index (χ4n) is 1.35. The second-order valence-electron chi connectivity index (χ2n) is 3.23. The summed E-state index contributed by atoms with van der Waals surface area (Å²) in [6, 6.07) is 0.506. The first-order chi connectivity index (χ1) is 6.15. The molecular weight excluding hydrogens is 182 g/mol. The molecule has 0 radical (unpaired) electrons. The molecule has 13 heavy (non-hydrogen) atoms. The van der Waals surface area contributed by atoms with Gasteiger partial charge in [-0.05, 0) is 27.4 Å². The Morgan fingerprint density at radius 2 is 1.92 bits per heavy atom. The largest absolute Gasteiger partial charge is 0.320 e. The van der Waals surface area contributed by atoms with Gasteiger partial charge in [-0.25, -0.2) is 0 Å². The van der Waals surface area contributed by atoms with Gasteiger partial charge >= 0.3 is 0 Å². The highest BCUT2D eigenvalue weighted by atomic mass is 32.2. The van der Waals surface area contributed by atoms with Gasteiger partial charge in [-0.1, -0.05) is 13.3 Å². The lowest BCUT2D eigenvalue weighted by Gasteiger charge is -2.27. The van der Waals surface area contributed by atoms with Crippen molar-refractivity contribution in [1.82, 2.24) is 10.6 Å². The van der Waals surface area contributed by atoms with Crippen molar-refractivity contribution in [2.24, 2.45) is 5.73 Å². The molecule has 0 heterocycles. The molecule has 0 aromatic carbocycles. The number of hydrogen-bond acceptors (Lipinski definition) is 4. The predicted octanol–water partition coefficient (Wildman–Crippen LogP) is 0.958. The summed E-state index contributed by atoms with van der Waals surface area (Å²) < 4.78 is 0. The van der Waals surface area contributed by atoms with Crippen LogP contribution in [0.2, 0.25) is 0 Å². The molecule has 0 saturated carbocycles. The van der Waals surface area contributed by atoms with Crippen LogP contribution in [0.25, 0.3) is 0 Å². The van der Waals surface area contributed by atoms with Crippen molar-refractivity contribution in [2.45, 2.75) is 43.5 Å². The smallest absolute Gasteiger partial charge is 0.0700 e. The van der Waals surface area contributed by atoms with Crippen LogP contribution < -0.4 is 16.4 Å². The SMILES string of the molecule is CCCC(NC)C(NC)SC(C)N. The van der Waals surface area contributed by atoms with Gasteiger partial charge in [-0.3, -0.25) is 0 Å². The topological polar surface area (TPSA) is 50.1 Å². The van der Waals surface area contributed by atoms with Gasteiger partial charge in [0.1, 0.15) is 0 Å². The van der Waals surface area contributed by atoms with Gasteiger partial charge in [0, 0.05) is 11.4 Å². The molecule has 4 heteroatoms. The monoisotopic (exact) mass is 205 g/mol. The average molecular weight is 205 g/mol. The number of thioether (sulfide) groups is 1. The highest BCUT2D eigenvalue weighted by Crippen LogP contribution is 2.17. The van der Waals surface area contributed by atoms with E-state index in [9.17, 15) is 0 Å². The molecule has 0 rings (SSSR count). The zero-order valence-electron chi connectivity index (χ0n) is 9.13. The molecule has 4 N–H and O–H groups in total. The van der Waals surface area contributed by atoms with Crippen LogP contribution in [0.3, 0.4) is 0 Å². The van der Waals surface area contributed by atoms with E-state index < -0.39 is 0 Å². The van der Waals surface area contributed by atoms with Gasteiger partial charge in [0.25, 0.3) is 0 Å². The van der Waals surface area contributed by atoms with Gasteiger partial charge < -0.3 is 16.4 Å². The molecule has 0 aliphatic heterocycles. The third-order valence-corrected chi connectivity index (χ3v) is 3.27. The second kappa shape index (κ2) is 7.62. The summed E-state index contributed by atoms with van der Waals surface area (Å²) in [4.78, 5) is 0. The minimum Gasteiger partial charge on any atom is -0.320 e. The molecule has 3 nitrogen and oxygen atoms in total. The van der Waals surface area contributed by atoms with E-state index in [1.165, 1.54) is 12.8 Å². The Hall–Kier alpha value is 0.230. The van der Waals surface area contributed by atoms with E-state index in [-0.39, 0.29) is 5.37 Å². The first-order valence-corrected chi connectivity index (χ1v) is 5.85. The molecule has 0 amide bonds. The maximum Gasteiger partial charge on any atom is 0.0700 e. The number of nitrogens with one attached hydrogen (secondary N) is 2. The summed E-state index contributed by atoms with van der Waals surface area (Å²) in [7, 11) is 3.99. The summed E-state index contributed by atoms with van der Waals surface area (Å²) >= 11 is 1.78. The van der Waals surface area contributed by atoms with Crippen molar-refractivity contribution in [2.75, 3.05) is 14.1 Å². The Labute approximate surface area is 86.2 Å². The highest BCUT2D eigenvalue weighted by molar-refractivity contribution is 8.00. The summed E-state index contributed by atoms with van der Waals surface area (Å²) in [6.07, 6.45) is 2.38. The summed E-state index contributed by atoms with van der Waals surface area (Å²) in [5.74, 6) is 0. The first-order valence-electron chi connectivity index (χ1n) is 4.91. The molecule has 0 spiro atoms. The van der Waals surface area contributed by atoms with Gasteiger partial charge in [0.2, 0.25) is 0 Å². The van der Waals surface area contributed by atoms with Crippen LogP contribution in [0.5, 0.6) is 0 Å². The lowest BCUT2D eigenvalue weighted by atomic mass is 10.1. The normalized spacial score (nSPS) is 18.2. The number of likely N-dealkylation sites (N-methyl/N-ethyl adjacent to an activating group) is 2. The van der Waals surface area contributed by atoms with E-state index in [4.69, 9.17) is 5.73 Å². The molecule has 0 aliphatic carbocycles. The van der Waals surface area contributed by atoms with Crippen LogP contribution in [0.1, 0.15) is 26.7 Å². The Balaban J connectivity index is 4.00. The zero-order valence-corrected chi connectivity index (χ0v) is 9.95. The molecule has 0 aromatic heterocycles. The van der Waals surface area contributed by atoms with Gasteiger partial charge in [0.15, 0.2) is 0 Å². The van der Waals surface area contributed by atoms with Gasteiger partial charge in [-0.2, -0.15) is 0 Å². The third-order valence-electron chi connectivity index (χ3n) is 1.98. The molecule has 3 atom stereocenters. The van der Waals surface area contributed by atoms with Crippen LogP contribution in [0, 0.1) is 0 Å². The predicted molar refractivity (Wildman–Crippen MR) is 61.8 cm³/mol. The lowest BCUT2D eigenvalue weighted by molar-refractivity contribution is 0.467. The zero-order chi connectivity index (χ0) is 10.3. The van der Waals surface area contributed by atoms with Gasteiger partial charge in [0.05, 0.1) is 5.37 Å². The van der Waals surface area contributed by atoms with Crippen LogP contribution in [0.4, 0.5) is 0 Å². The molecule has 0 aromatic rings. The van der Waals surface area contributed by atoms with Crippen LogP contribution in [-0.4, -0.2) is 30.9 Å². The van der Waals surface area contributed by atoms with Crippen LogP contribution in [-0.2, 0) is 0 Å². The highest BCUT2D eigenvalue weighted by Gasteiger charge is 2.18. The number of nitrogens with two attached hydrogens (primary N) is 1. The first kappa shape index (κ1) is 13.2. The Morgan fingerprint density at radius 1 is 1.31 bits per heavy atom. The summed E-state index contributed by atoms with van der Waals surface area (Å²) in [5, 5.41) is 7.20. The van der Waals surface area contributed by atoms with Crippen molar-refractivity contribution in [3.05, 3.63) is 0 Å². The molecule has 80 valence electrons. The van der Waals surface area contributed by atoms with Crippen molar-refractivity contribution < 1.29 is 0 Å². The average Bonchev–Trinajstić information content (AvgIpc) is 2.10. The van der Waals surface area contributed by atoms with Crippen LogP contribution in [0.15, 0.2) is 0 Å². The van der Waals surface area contributed by atoms with E-state index in [0.717, 1.165) is 0 Å². The molecule has 0 saturated heterocycles. The molecule has 0 aliphatic rings. The Kier molecular flexibility index (Phi) is 7.75. The third kappa shape index (κ3) is 5.52. The second-order valence-corrected chi connectivity index (χ2v) is 4.76. The van der Waals surface area contributed by atoms with E-state index in [1.807, 2.05) is 21.0 Å².